The zero-order valence-corrected chi connectivity index (χ0v) is 20.6. The van der Waals surface area contributed by atoms with Crippen LogP contribution in [-0.2, 0) is 16.1 Å². The summed E-state index contributed by atoms with van der Waals surface area (Å²) in [5, 5.41) is 23.9. The van der Waals surface area contributed by atoms with Gasteiger partial charge in [0.1, 0.15) is 11.4 Å². The second kappa shape index (κ2) is 13.7. The van der Waals surface area contributed by atoms with Crippen molar-refractivity contribution in [1.82, 2.24) is 0 Å². The molecule has 1 aromatic carbocycles. The Labute approximate surface area is 198 Å². The third-order valence-electron chi connectivity index (χ3n) is 6.39. The molecule has 1 fully saturated rings. The number of oxime groups is 1. The van der Waals surface area contributed by atoms with Crippen LogP contribution in [0.3, 0.4) is 0 Å². The summed E-state index contributed by atoms with van der Waals surface area (Å²) in [6, 6.07) is 6.57. The van der Waals surface area contributed by atoms with Gasteiger partial charge < -0.3 is 15.1 Å². The van der Waals surface area contributed by atoms with E-state index < -0.39 is 12.1 Å². The van der Waals surface area contributed by atoms with Crippen LogP contribution in [0.1, 0.15) is 97.0 Å². The van der Waals surface area contributed by atoms with E-state index in [2.05, 4.69) is 5.16 Å². The molecule has 0 amide bonds. The van der Waals surface area contributed by atoms with Crippen LogP contribution in [0.2, 0.25) is 0 Å². The first-order valence-corrected chi connectivity index (χ1v) is 12.5. The molecule has 186 valence electrons. The van der Waals surface area contributed by atoms with Crippen molar-refractivity contribution in [3.05, 3.63) is 35.6 Å². The molecular weight excluding hydrogens is 421 g/mol. The summed E-state index contributed by atoms with van der Waals surface area (Å²) in [6.07, 6.45) is 9.66. The SMILES string of the molecule is CC(C)(C)O/N=C1/CCC(CCCCCCC(=O)O)C1CC[C@@H](O)CCc1cccc(F)c1. The molecule has 1 aliphatic rings. The van der Waals surface area contributed by atoms with Crippen LogP contribution in [0.15, 0.2) is 29.4 Å². The fourth-order valence-corrected chi connectivity index (χ4v) is 4.63. The molecule has 1 aliphatic carbocycles. The van der Waals surface area contributed by atoms with Crippen molar-refractivity contribution in [3.63, 3.8) is 0 Å². The lowest BCUT2D eigenvalue weighted by Crippen LogP contribution is -2.21. The molecule has 3 atom stereocenters. The number of carboxylic acids is 1. The van der Waals surface area contributed by atoms with Crippen molar-refractivity contribution in [3.8, 4) is 0 Å². The Balaban J connectivity index is 1.86. The predicted molar refractivity (Wildman–Crippen MR) is 130 cm³/mol. The van der Waals surface area contributed by atoms with Gasteiger partial charge in [-0.3, -0.25) is 4.79 Å². The minimum Gasteiger partial charge on any atom is -0.481 e. The smallest absolute Gasteiger partial charge is 0.303 e. The number of rotatable bonds is 14. The quantitative estimate of drug-likeness (QED) is 0.243. The highest BCUT2D eigenvalue weighted by Gasteiger charge is 2.33. The summed E-state index contributed by atoms with van der Waals surface area (Å²) >= 11 is 0. The largest absolute Gasteiger partial charge is 0.481 e. The summed E-state index contributed by atoms with van der Waals surface area (Å²) < 4.78 is 13.4. The van der Waals surface area contributed by atoms with Crippen LogP contribution >= 0.6 is 0 Å². The van der Waals surface area contributed by atoms with Gasteiger partial charge in [-0.1, -0.05) is 36.6 Å². The van der Waals surface area contributed by atoms with E-state index in [1.807, 2.05) is 26.8 Å². The van der Waals surface area contributed by atoms with E-state index in [4.69, 9.17) is 9.94 Å². The van der Waals surface area contributed by atoms with Crippen molar-refractivity contribution in [2.24, 2.45) is 17.0 Å². The van der Waals surface area contributed by atoms with Crippen LogP contribution in [-0.4, -0.2) is 33.6 Å². The first-order chi connectivity index (χ1) is 15.6. The highest BCUT2D eigenvalue weighted by Crippen LogP contribution is 2.37. The van der Waals surface area contributed by atoms with Crippen LogP contribution in [0.4, 0.5) is 4.39 Å². The van der Waals surface area contributed by atoms with Crippen molar-refractivity contribution in [1.29, 1.82) is 0 Å². The lowest BCUT2D eigenvalue weighted by atomic mass is 9.85. The molecule has 2 unspecified atom stereocenters. The Bertz CT molecular complexity index is 759. The van der Waals surface area contributed by atoms with Gasteiger partial charge in [-0.25, -0.2) is 4.39 Å². The maximum absolute atomic E-state index is 13.4. The number of aliphatic hydroxyl groups excluding tert-OH is 1. The highest BCUT2D eigenvalue weighted by atomic mass is 19.1. The van der Waals surface area contributed by atoms with Gasteiger partial charge in [0.2, 0.25) is 0 Å². The Morgan fingerprint density at radius 1 is 1.18 bits per heavy atom. The van der Waals surface area contributed by atoms with Gasteiger partial charge in [0.05, 0.1) is 11.8 Å². The number of unbranched alkanes of at least 4 members (excludes halogenated alkanes) is 3. The number of halogens is 1. The number of carbonyl (C=O) groups is 1. The minimum atomic E-state index is -0.721. The lowest BCUT2D eigenvalue weighted by molar-refractivity contribution is -0.137. The van der Waals surface area contributed by atoms with Gasteiger partial charge in [0, 0.05) is 12.3 Å². The maximum Gasteiger partial charge on any atom is 0.303 e. The molecule has 0 saturated heterocycles. The number of hydrogen-bond acceptors (Lipinski definition) is 4. The zero-order chi connectivity index (χ0) is 24.3. The van der Waals surface area contributed by atoms with Crippen molar-refractivity contribution in [2.45, 2.75) is 110 Å². The van der Waals surface area contributed by atoms with Crippen molar-refractivity contribution < 1.29 is 24.2 Å². The highest BCUT2D eigenvalue weighted by molar-refractivity contribution is 5.88. The Kier molecular flexibility index (Phi) is 11.3. The molecule has 6 heteroatoms. The van der Waals surface area contributed by atoms with Crippen LogP contribution in [0.25, 0.3) is 0 Å². The summed E-state index contributed by atoms with van der Waals surface area (Å²) in [4.78, 5) is 16.4. The van der Waals surface area contributed by atoms with Gasteiger partial charge in [0.25, 0.3) is 0 Å². The first-order valence-electron chi connectivity index (χ1n) is 12.5. The molecular formula is C27H42FNO4. The van der Waals surface area contributed by atoms with Gasteiger partial charge in [-0.2, -0.15) is 0 Å². The number of aryl methyl sites for hydroxylation is 1. The molecule has 0 radical (unpaired) electrons. The fourth-order valence-electron chi connectivity index (χ4n) is 4.63. The molecule has 0 bridgehead atoms. The molecule has 2 N–H and O–H groups in total. The van der Waals surface area contributed by atoms with Gasteiger partial charge in [0.15, 0.2) is 0 Å². The summed E-state index contributed by atoms with van der Waals surface area (Å²) in [7, 11) is 0. The van der Waals surface area contributed by atoms with E-state index in [0.717, 1.165) is 62.6 Å². The summed E-state index contributed by atoms with van der Waals surface area (Å²) in [5.41, 5.74) is 1.69. The van der Waals surface area contributed by atoms with E-state index >= 15 is 0 Å². The first kappa shape index (κ1) is 27.3. The average molecular weight is 464 g/mol. The Morgan fingerprint density at radius 3 is 2.64 bits per heavy atom. The fraction of sp³-hybridized carbons (Fsp3) is 0.704. The Morgan fingerprint density at radius 2 is 1.94 bits per heavy atom. The van der Waals surface area contributed by atoms with Gasteiger partial charge >= 0.3 is 5.97 Å². The number of carboxylic acid groups (broad SMARTS) is 1. The third-order valence-corrected chi connectivity index (χ3v) is 6.39. The Hall–Kier alpha value is -1.95. The molecule has 5 nitrogen and oxygen atoms in total. The van der Waals surface area contributed by atoms with Gasteiger partial charge in [-0.05, 0) is 95.8 Å². The second-order valence-electron chi connectivity index (χ2n) is 10.4. The maximum atomic E-state index is 13.4. The monoisotopic (exact) mass is 463 g/mol. The normalized spacial score (nSPS) is 20.8. The molecule has 0 spiro atoms. The lowest BCUT2D eigenvalue weighted by Gasteiger charge is -2.23. The summed E-state index contributed by atoms with van der Waals surface area (Å²) in [6.45, 7) is 5.98. The topological polar surface area (TPSA) is 79.1 Å². The molecule has 2 rings (SSSR count). The van der Waals surface area contributed by atoms with E-state index in [9.17, 15) is 14.3 Å². The molecule has 33 heavy (non-hydrogen) atoms. The third kappa shape index (κ3) is 11.1. The van der Waals surface area contributed by atoms with Crippen molar-refractivity contribution in [2.75, 3.05) is 0 Å². The number of nitrogens with zero attached hydrogens (tertiary/aromatic N) is 1. The van der Waals surface area contributed by atoms with Crippen molar-refractivity contribution >= 4 is 11.7 Å². The molecule has 1 saturated carbocycles. The number of aliphatic carboxylic acids is 1. The molecule has 0 heterocycles. The minimum absolute atomic E-state index is 0.238. The molecule has 1 aromatic rings. The van der Waals surface area contributed by atoms with Crippen LogP contribution in [0, 0.1) is 17.7 Å². The van der Waals surface area contributed by atoms with E-state index in [1.54, 1.807) is 6.07 Å². The summed E-state index contributed by atoms with van der Waals surface area (Å²) in [5.74, 6) is -0.114. The predicted octanol–water partition coefficient (Wildman–Crippen LogP) is 6.52. The van der Waals surface area contributed by atoms with E-state index in [-0.39, 0.29) is 17.8 Å². The zero-order valence-electron chi connectivity index (χ0n) is 20.6. The standard InChI is InChI=1S/C27H42FNO4/c1-27(2,3)33-29-25-18-14-21(10-6-4-5-7-12-26(31)32)24(25)17-16-23(30)15-13-20-9-8-11-22(28)19-20/h8-9,11,19,21,23-24,30H,4-7,10,12-18H2,1-3H3,(H,31,32)/b29-25-/t21?,23-,24?/m0/s1. The molecule has 0 aliphatic heterocycles. The number of hydrogen-bond donors (Lipinski definition) is 2. The van der Waals surface area contributed by atoms with Crippen LogP contribution in [0.5, 0.6) is 0 Å². The second-order valence-corrected chi connectivity index (χ2v) is 10.4. The number of benzene rings is 1. The van der Waals surface area contributed by atoms with Crippen LogP contribution < -0.4 is 0 Å². The van der Waals surface area contributed by atoms with Gasteiger partial charge in [-0.15, -0.1) is 0 Å². The molecule has 0 aromatic heterocycles. The number of aliphatic hydroxyl groups is 1. The van der Waals surface area contributed by atoms with E-state index in [1.165, 1.54) is 12.1 Å². The van der Waals surface area contributed by atoms with E-state index in [0.29, 0.717) is 31.1 Å². The average Bonchev–Trinajstić information content (AvgIpc) is 3.12.